The Bertz CT molecular complexity index is 755. The van der Waals surface area contributed by atoms with Crippen LogP contribution in [0.2, 0.25) is 6.32 Å². The molecule has 0 aromatic carbocycles. The van der Waals surface area contributed by atoms with Gasteiger partial charge in [0.1, 0.15) is 5.54 Å². The van der Waals surface area contributed by atoms with E-state index in [2.05, 4.69) is 20.8 Å². The third kappa shape index (κ3) is 7.36. The molecule has 5 atom stereocenters. The van der Waals surface area contributed by atoms with Crippen molar-refractivity contribution in [2.75, 3.05) is 26.7 Å². The summed E-state index contributed by atoms with van der Waals surface area (Å²) in [6.07, 6.45) is 1.87. The second-order valence-corrected chi connectivity index (χ2v) is 12.3. The molecule has 194 valence electrons. The number of nitrogens with two attached hydrogens (primary N) is 2. The van der Waals surface area contributed by atoms with E-state index in [0.29, 0.717) is 25.1 Å². The van der Waals surface area contributed by atoms with Gasteiger partial charge in [0, 0.05) is 38.6 Å². The van der Waals surface area contributed by atoms with Crippen molar-refractivity contribution in [3.63, 3.8) is 0 Å². The molecule has 1 heterocycles. The fourth-order valence-electron chi connectivity index (χ4n) is 4.48. The summed E-state index contributed by atoms with van der Waals surface area (Å²) in [6.45, 7) is 11.9. The lowest BCUT2D eigenvalue weighted by atomic mass is 9.74. The molecule has 0 aromatic rings. The van der Waals surface area contributed by atoms with E-state index in [0.717, 1.165) is 15.0 Å². The minimum absolute atomic E-state index is 0.00242. The van der Waals surface area contributed by atoms with Crippen molar-refractivity contribution in [3.8, 4) is 0 Å². The van der Waals surface area contributed by atoms with Crippen molar-refractivity contribution in [1.82, 2.24) is 8.61 Å². The molecule has 1 saturated heterocycles. The van der Waals surface area contributed by atoms with Gasteiger partial charge in [-0.15, -0.1) is 0 Å². The molecule has 1 fully saturated rings. The predicted molar refractivity (Wildman–Crippen MR) is 131 cm³/mol. The maximum atomic E-state index is 12.9. The van der Waals surface area contributed by atoms with Crippen LogP contribution in [0.4, 0.5) is 0 Å². The molecule has 33 heavy (non-hydrogen) atoms. The van der Waals surface area contributed by atoms with Crippen LogP contribution in [-0.2, 0) is 19.7 Å². The van der Waals surface area contributed by atoms with E-state index >= 15 is 0 Å². The number of nitrogens with zero attached hydrogens (tertiary/aromatic N) is 2. The molecule has 1 unspecified atom stereocenters. The Hall–Kier alpha value is -0.755. The predicted octanol–water partition coefficient (Wildman–Crippen LogP) is 0.962. The zero-order valence-corrected chi connectivity index (χ0v) is 22.1. The van der Waals surface area contributed by atoms with Crippen LogP contribution >= 0.6 is 0 Å². The summed E-state index contributed by atoms with van der Waals surface area (Å²) >= 11 is 0. The lowest BCUT2D eigenvalue weighted by Gasteiger charge is -2.39. The van der Waals surface area contributed by atoms with E-state index < -0.39 is 40.4 Å². The first kappa shape index (κ1) is 30.3. The minimum atomic E-state index is -3.89. The first-order chi connectivity index (χ1) is 15.0. The van der Waals surface area contributed by atoms with E-state index in [-0.39, 0.29) is 31.6 Å². The molecule has 0 amide bonds. The lowest BCUT2D eigenvalue weighted by Crippen LogP contribution is -2.55. The summed E-state index contributed by atoms with van der Waals surface area (Å²) in [5.74, 6) is -1.20. The maximum Gasteiger partial charge on any atom is 0.454 e. The number of rotatable bonds is 14. The summed E-state index contributed by atoms with van der Waals surface area (Å²) in [4.78, 5) is 12.0. The Morgan fingerprint density at radius 3 is 2.39 bits per heavy atom. The monoisotopic (exact) mass is 492 g/mol. The summed E-state index contributed by atoms with van der Waals surface area (Å²) < 4.78 is 34.1. The van der Waals surface area contributed by atoms with Gasteiger partial charge in [-0.1, -0.05) is 34.1 Å². The Morgan fingerprint density at radius 2 is 1.94 bits per heavy atom. The van der Waals surface area contributed by atoms with Gasteiger partial charge in [-0.3, -0.25) is 4.79 Å². The molecule has 1 aliphatic heterocycles. The first-order valence-electron chi connectivity index (χ1n) is 11.9. The molecule has 10 nitrogen and oxygen atoms in total. The summed E-state index contributed by atoms with van der Waals surface area (Å²) in [5, 5.41) is 20.3. The highest BCUT2D eigenvalue weighted by Gasteiger charge is 2.53. The Kier molecular flexibility index (Phi) is 10.8. The van der Waals surface area contributed by atoms with Gasteiger partial charge in [-0.2, -0.15) is 17.0 Å². The van der Waals surface area contributed by atoms with Gasteiger partial charge >= 0.3 is 13.1 Å². The van der Waals surface area contributed by atoms with Gasteiger partial charge in [-0.05, 0) is 44.8 Å². The Labute approximate surface area is 200 Å². The second-order valence-electron chi connectivity index (χ2n) is 10.3. The molecular formula is C21H45BN4O6S. The van der Waals surface area contributed by atoms with Crippen molar-refractivity contribution in [3.05, 3.63) is 0 Å². The van der Waals surface area contributed by atoms with E-state index in [1.165, 1.54) is 7.05 Å². The van der Waals surface area contributed by atoms with Crippen LogP contribution in [-0.4, -0.2) is 84.1 Å². The smallest absolute Gasteiger partial charge is 0.454 e. The highest BCUT2D eigenvalue weighted by atomic mass is 32.2. The molecule has 0 spiro atoms. The second kappa shape index (κ2) is 11.8. The number of hydrogen-bond donors (Lipinski definition) is 4. The molecular weight excluding hydrogens is 447 g/mol. The molecule has 1 rings (SSSR count). The zero-order valence-electron chi connectivity index (χ0n) is 21.3. The normalized spacial score (nSPS) is 25.9. The van der Waals surface area contributed by atoms with Crippen LogP contribution in [0, 0.1) is 17.8 Å². The van der Waals surface area contributed by atoms with E-state index in [1.807, 2.05) is 13.8 Å². The molecule has 0 saturated carbocycles. The number of aliphatic carboxylic acids is 1. The van der Waals surface area contributed by atoms with Crippen LogP contribution in [0.3, 0.4) is 0 Å². The molecule has 0 aromatic heterocycles. The summed E-state index contributed by atoms with van der Waals surface area (Å²) in [5.41, 5.74) is 9.75. The van der Waals surface area contributed by atoms with Gasteiger partial charge < -0.3 is 26.3 Å². The fourth-order valence-corrected chi connectivity index (χ4v) is 6.05. The summed E-state index contributed by atoms with van der Waals surface area (Å²) in [6, 6.07) is -0.362. The topological polar surface area (TPSA) is 159 Å². The van der Waals surface area contributed by atoms with Crippen LogP contribution in [0.5, 0.6) is 0 Å². The number of carboxylic acid groups (broad SMARTS) is 1. The third-order valence-corrected chi connectivity index (χ3v) is 9.20. The standard InChI is InChI=1S/C21H45BN4O6S/c1-8-20(6,17(5)15(2)3)32-22(29)11-9-10-18-13-26(14-21(18,24)19(27)28)33(30,31)25(7)12-16(4)23/h15-18,29H,8-14,23-24H2,1-7H3,(H,27,28)/t16?,17-,18+,20+,21+/m1/s1. The highest BCUT2D eigenvalue weighted by Crippen LogP contribution is 2.34. The highest BCUT2D eigenvalue weighted by molar-refractivity contribution is 7.86. The maximum absolute atomic E-state index is 12.9. The van der Waals surface area contributed by atoms with E-state index in [4.69, 9.17) is 16.1 Å². The molecule has 12 heteroatoms. The molecule has 0 aliphatic carbocycles. The SMILES string of the molecule is CC[C@](C)(OB(O)CCC[C@H]1CN(S(=O)(=O)N(C)CC(C)N)C[C@@]1(N)C(=O)O)[C@H](C)C(C)C. The van der Waals surface area contributed by atoms with Crippen LogP contribution in [0.15, 0.2) is 0 Å². The lowest BCUT2D eigenvalue weighted by molar-refractivity contribution is -0.144. The molecule has 0 radical (unpaired) electrons. The van der Waals surface area contributed by atoms with E-state index in [9.17, 15) is 23.3 Å². The minimum Gasteiger partial charge on any atom is -0.480 e. The first-order valence-corrected chi connectivity index (χ1v) is 13.3. The quantitative estimate of drug-likeness (QED) is 0.261. The average Bonchev–Trinajstić information content (AvgIpc) is 3.05. The van der Waals surface area contributed by atoms with Crippen LogP contribution in [0.1, 0.15) is 60.8 Å². The number of likely N-dealkylation sites (N-methyl/N-ethyl adjacent to an activating group) is 1. The largest absolute Gasteiger partial charge is 0.480 e. The van der Waals surface area contributed by atoms with E-state index in [1.54, 1.807) is 6.92 Å². The number of hydrogen-bond acceptors (Lipinski definition) is 7. The zero-order chi connectivity index (χ0) is 25.8. The van der Waals surface area contributed by atoms with Gasteiger partial charge in [-0.25, -0.2) is 0 Å². The van der Waals surface area contributed by atoms with Crippen LogP contribution < -0.4 is 11.5 Å². The van der Waals surface area contributed by atoms with Gasteiger partial charge in [0.05, 0.1) is 5.60 Å². The molecule has 6 N–H and O–H groups in total. The number of carboxylic acids is 1. The number of carbonyl (C=O) groups is 1. The van der Waals surface area contributed by atoms with Crippen molar-refractivity contribution >= 4 is 23.3 Å². The molecule has 1 aliphatic rings. The van der Waals surface area contributed by atoms with Gasteiger partial charge in [0.2, 0.25) is 0 Å². The van der Waals surface area contributed by atoms with Crippen molar-refractivity contribution in [2.45, 2.75) is 84.3 Å². The van der Waals surface area contributed by atoms with Crippen molar-refractivity contribution in [1.29, 1.82) is 0 Å². The molecule has 0 bridgehead atoms. The van der Waals surface area contributed by atoms with Gasteiger partial charge in [0.25, 0.3) is 10.2 Å². The Balaban J connectivity index is 2.83. The van der Waals surface area contributed by atoms with Crippen molar-refractivity contribution in [2.24, 2.45) is 29.2 Å². The van der Waals surface area contributed by atoms with Crippen LogP contribution in [0.25, 0.3) is 0 Å². The fraction of sp³-hybridized carbons (Fsp3) is 0.952. The average molecular weight is 492 g/mol. The van der Waals surface area contributed by atoms with Crippen molar-refractivity contribution < 1.29 is 28.0 Å². The third-order valence-electron chi connectivity index (χ3n) is 7.33. The van der Waals surface area contributed by atoms with Gasteiger partial charge in [0.15, 0.2) is 0 Å². The Morgan fingerprint density at radius 1 is 1.36 bits per heavy atom. The summed E-state index contributed by atoms with van der Waals surface area (Å²) in [7, 11) is -3.46.